The Morgan fingerprint density at radius 1 is 1.25 bits per heavy atom. The number of rotatable bonds is 6. The Labute approximate surface area is 148 Å². The lowest BCUT2D eigenvalue weighted by Gasteiger charge is -2.39. The molecule has 132 valence electrons. The van der Waals surface area contributed by atoms with Crippen LogP contribution in [-0.4, -0.2) is 25.7 Å². The standard InChI is InChI=1S/C20H31NO2Si/c1-9-15-21(19(22)17-13-11-16(3)12-14-17)18(10-2)23-24(7,8)20(4,5)6/h9-14H,1,15H2,2-8H3/b18-10-. The largest absolute Gasteiger partial charge is 0.532 e. The average molecular weight is 346 g/mol. The summed E-state index contributed by atoms with van der Waals surface area (Å²) in [5, 5.41) is 0.0635. The molecule has 0 N–H and O–H groups in total. The van der Waals surface area contributed by atoms with Crippen LogP contribution in [0.4, 0.5) is 0 Å². The molecule has 0 radical (unpaired) electrons. The number of hydrogen-bond donors (Lipinski definition) is 0. The number of hydrogen-bond acceptors (Lipinski definition) is 2. The highest BCUT2D eigenvalue weighted by Gasteiger charge is 2.40. The SMILES string of the molecule is C=CCN(C(=O)c1ccc(C)cc1)/C(=C/C)O[Si](C)(C)C(C)(C)C. The lowest BCUT2D eigenvalue weighted by Crippen LogP contribution is -2.44. The first-order valence-electron chi connectivity index (χ1n) is 8.38. The van der Waals surface area contributed by atoms with Crippen molar-refractivity contribution >= 4 is 14.2 Å². The van der Waals surface area contributed by atoms with Gasteiger partial charge in [0, 0.05) is 12.1 Å². The van der Waals surface area contributed by atoms with Gasteiger partial charge in [-0.15, -0.1) is 6.58 Å². The molecule has 24 heavy (non-hydrogen) atoms. The van der Waals surface area contributed by atoms with E-state index in [-0.39, 0.29) is 10.9 Å². The first kappa shape index (κ1) is 20.2. The van der Waals surface area contributed by atoms with E-state index in [0.29, 0.717) is 18.0 Å². The summed E-state index contributed by atoms with van der Waals surface area (Å²) in [6.45, 7) is 19.0. The molecule has 0 heterocycles. The normalized spacial score (nSPS) is 12.7. The van der Waals surface area contributed by atoms with Gasteiger partial charge in [-0.2, -0.15) is 0 Å². The second kappa shape index (κ2) is 7.84. The third kappa shape index (κ3) is 4.84. The highest BCUT2D eigenvalue weighted by Crippen LogP contribution is 2.38. The molecule has 1 amide bonds. The molecule has 1 rings (SSSR count). The van der Waals surface area contributed by atoms with Crippen molar-refractivity contribution < 1.29 is 9.22 Å². The Morgan fingerprint density at radius 2 is 1.79 bits per heavy atom. The molecule has 0 spiro atoms. The maximum Gasteiger partial charge on any atom is 0.260 e. The van der Waals surface area contributed by atoms with E-state index in [1.165, 1.54) is 0 Å². The van der Waals surface area contributed by atoms with Crippen LogP contribution in [0.1, 0.15) is 43.6 Å². The third-order valence-electron chi connectivity index (χ3n) is 4.53. The van der Waals surface area contributed by atoms with Gasteiger partial charge in [0.15, 0.2) is 5.88 Å². The summed E-state index contributed by atoms with van der Waals surface area (Å²) in [7, 11) is -2.03. The number of amides is 1. The van der Waals surface area contributed by atoms with Gasteiger partial charge in [-0.25, -0.2) is 0 Å². The molecule has 0 fully saturated rings. The van der Waals surface area contributed by atoms with Crippen molar-refractivity contribution in [2.24, 2.45) is 0 Å². The predicted molar refractivity (Wildman–Crippen MR) is 104 cm³/mol. The van der Waals surface area contributed by atoms with Gasteiger partial charge in [-0.3, -0.25) is 9.69 Å². The van der Waals surface area contributed by atoms with E-state index in [0.717, 1.165) is 5.56 Å². The summed E-state index contributed by atoms with van der Waals surface area (Å²) in [5.74, 6) is 0.550. The van der Waals surface area contributed by atoms with Crippen LogP contribution in [0.3, 0.4) is 0 Å². The van der Waals surface area contributed by atoms with Crippen LogP contribution in [0, 0.1) is 6.92 Å². The van der Waals surface area contributed by atoms with E-state index < -0.39 is 8.32 Å². The van der Waals surface area contributed by atoms with Crippen molar-refractivity contribution in [3.05, 3.63) is 60.0 Å². The van der Waals surface area contributed by atoms with E-state index >= 15 is 0 Å². The second-order valence-corrected chi connectivity index (χ2v) is 12.3. The quantitative estimate of drug-likeness (QED) is 0.387. The monoisotopic (exact) mass is 345 g/mol. The van der Waals surface area contributed by atoms with Crippen molar-refractivity contribution in [1.82, 2.24) is 4.90 Å². The molecular weight excluding hydrogens is 314 g/mol. The Morgan fingerprint density at radius 3 is 2.21 bits per heavy atom. The Hall–Kier alpha value is -1.81. The average Bonchev–Trinajstić information content (AvgIpc) is 2.49. The maximum atomic E-state index is 13.0. The first-order chi connectivity index (χ1) is 11.0. The van der Waals surface area contributed by atoms with Crippen molar-refractivity contribution in [1.29, 1.82) is 0 Å². The number of aryl methyl sites for hydroxylation is 1. The molecule has 0 saturated heterocycles. The summed E-state index contributed by atoms with van der Waals surface area (Å²) < 4.78 is 6.39. The lowest BCUT2D eigenvalue weighted by atomic mass is 10.1. The molecule has 0 atom stereocenters. The highest BCUT2D eigenvalue weighted by molar-refractivity contribution is 6.74. The summed E-state index contributed by atoms with van der Waals surface area (Å²) >= 11 is 0. The van der Waals surface area contributed by atoms with Crippen molar-refractivity contribution in [2.75, 3.05) is 6.54 Å². The summed E-state index contributed by atoms with van der Waals surface area (Å²) in [4.78, 5) is 14.6. The second-order valence-electron chi connectivity index (χ2n) is 7.56. The van der Waals surface area contributed by atoms with Crippen LogP contribution < -0.4 is 0 Å². The maximum absolute atomic E-state index is 13.0. The van der Waals surface area contributed by atoms with Gasteiger partial charge in [0.1, 0.15) is 0 Å². The van der Waals surface area contributed by atoms with Gasteiger partial charge >= 0.3 is 0 Å². The van der Waals surface area contributed by atoms with Gasteiger partial charge in [0.05, 0.1) is 0 Å². The van der Waals surface area contributed by atoms with Crippen LogP contribution in [0.2, 0.25) is 18.1 Å². The Bertz CT molecular complexity index is 610. The van der Waals surface area contributed by atoms with E-state index in [4.69, 9.17) is 4.43 Å². The van der Waals surface area contributed by atoms with Crippen LogP contribution >= 0.6 is 0 Å². The minimum absolute atomic E-state index is 0.0635. The number of carbonyl (C=O) groups is 1. The molecular formula is C20H31NO2Si. The third-order valence-corrected chi connectivity index (χ3v) is 8.87. The first-order valence-corrected chi connectivity index (χ1v) is 11.3. The van der Waals surface area contributed by atoms with E-state index in [2.05, 4.69) is 40.4 Å². The highest BCUT2D eigenvalue weighted by atomic mass is 28.4. The Balaban J connectivity index is 3.14. The number of benzene rings is 1. The number of allylic oxidation sites excluding steroid dienone is 1. The molecule has 1 aromatic rings. The summed E-state index contributed by atoms with van der Waals surface area (Å²) in [6.07, 6.45) is 3.60. The molecule has 0 unspecified atom stereocenters. The zero-order valence-corrected chi connectivity index (χ0v) is 17.1. The van der Waals surface area contributed by atoms with Crippen molar-refractivity contribution in [2.45, 2.75) is 52.8 Å². The van der Waals surface area contributed by atoms with Crippen LogP contribution in [-0.2, 0) is 4.43 Å². The van der Waals surface area contributed by atoms with Gasteiger partial charge in [0.2, 0.25) is 0 Å². The van der Waals surface area contributed by atoms with Crippen LogP contribution in [0.5, 0.6) is 0 Å². The zero-order chi connectivity index (χ0) is 18.5. The molecule has 3 nitrogen and oxygen atoms in total. The van der Waals surface area contributed by atoms with Gasteiger partial charge in [-0.1, -0.05) is 44.5 Å². The van der Waals surface area contributed by atoms with Crippen molar-refractivity contribution in [3.63, 3.8) is 0 Å². The molecule has 1 aromatic carbocycles. The molecule has 0 aliphatic carbocycles. The zero-order valence-electron chi connectivity index (χ0n) is 16.1. The van der Waals surface area contributed by atoms with Gasteiger partial charge in [0.25, 0.3) is 14.2 Å². The Kier molecular flexibility index (Phi) is 6.61. The molecule has 0 aromatic heterocycles. The molecule has 4 heteroatoms. The summed E-state index contributed by atoms with van der Waals surface area (Å²) in [5.41, 5.74) is 1.78. The lowest BCUT2D eigenvalue weighted by molar-refractivity contribution is 0.0752. The minimum Gasteiger partial charge on any atom is -0.532 e. The molecule has 0 aliphatic rings. The fourth-order valence-electron chi connectivity index (χ4n) is 1.94. The fraction of sp³-hybridized carbons (Fsp3) is 0.450. The smallest absolute Gasteiger partial charge is 0.260 e. The van der Waals surface area contributed by atoms with E-state index in [1.807, 2.05) is 44.2 Å². The summed E-state index contributed by atoms with van der Waals surface area (Å²) in [6, 6.07) is 7.60. The fourth-order valence-corrected chi connectivity index (χ4v) is 3.00. The van der Waals surface area contributed by atoms with Gasteiger partial charge < -0.3 is 4.43 Å². The van der Waals surface area contributed by atoms with E-state index in [1.54, 1.807) is 11.0 Å². The molecule has 0 bridgehead atoms. The topological polar surface area (TPSA) is 29.5 Å². The van der Waals surface area contributed by atoms with Gasteiger partial charge in [-0.05, 0) is 50.2 Å². The molecule has 0 aliphatic heterocycles. The predicted octanol–water partition coefficient (Wildman–Crippen LogP) is 5.51. The number of nitrogens with zero attached hydrogens (tertiary/aromatic N) is 1. The van der Waals surface area contributed by atoms with E-state index in [9.17, 15) is 4.79 Å². The van der Waals surface area contributed by atoms with Crippen molar-refractivity contribution in [3.8, 4) is 0 Å². The molecule has 0 saturated carbocycles. The van der Waals surface area contributed by atoms with Crippen LogP contribution in [0.15, 0.2) is 48.9 Å². The number of carbonyl (C=O) groups excluding carboxylic acids is 1. The van der Waals surface area contributed by atoms with Crippen LogP contribution in [0.25, 0.3) is 0 Å². The minimum atomic E-state index is -2.03.